The summed E-state index contributed by atoms with van der Waals surface area (Å²) in [5, 5.41) is 3.97. The van der Waals surface area contributed by atoms with Crippen LogP contribution in [0.4, 0.5) is 0 Å². The monoisotopic (exact) mass is 320 g/mol. The molecule has 1 aromatic carbocycles. The molecule has 1 N–H and O–H groups in total. The first-order valence-electron chi connectivity index (χ1n) is 7.32. The van der Waals surface area contributed by atoms with Crippen LogP contribution in [0.3, 0.4) is 0 Å². The highest BCUT2D eigenvalue weighted by atomic mass is 16.5. The van der Waals surface area contributed by atoms with Crippen molar-refractivity contribution in [2.75, 3.05) is 7.11 Å². The number of methoxy groups -OCH3 is 1. The number of ether oxygens (including phenoxy) is 1. The minimum absolute atomic E-state index is 0.297. The normalized spacial score (nSPS) is 10.7. The fourth-order valence-corrected chi connectivity index (χ4v) is 2.13. The van der Waals surface area contributed by atoms with Crippen LogP contribution in [0.1, 0.15) is 15.9 Å². The number of carbonyl (C=O) groups is 1. The van der Waals surface area contributed by atoms with Crippen LogP contribution in [-0.4, -0.2) is 28.8 Å². The van der Waals surface area contributed by atoms with Crippen molar-refractivity contribution in [3.05, 3.63) is 78.4 Å². The Hall–Kier alpha value is -3.41. The second-order valence-electron chi connectivity index (χ2n) is 4.99. The van der Waals surface area contributed by atoms with Crippen LogP contribution in [0, 0.1) is 0 Å². The quantitative estimate of drug-likeness (QED) is 0.580. The van der Waals surface area contributed by atoms with Crippen LogP contribution >= 0.6 is 0 Å². The number of hydrogen-bond donors (Lipinski definition) is 1. The molecule has 0 aliphatic carbocycles. The van der Waals surface area contributed by atoms with Gasteiger partial charge < -0.3 is 9.30 Å². The first kappa shape index (κ1) is 15.5. The van der Waals surface area contributed by atoms with Crippen molar-refractivity contribution in [1.82, 2.24) is 15.0 Å². The SMILES string of the molecule is COc1ccc(-n2ccc(/C=N\NC(=O)c3cccnc3)c2)cc1. The summed E-state index contributed by atoms with van der Waals surface area (Å²) in [6.07, 6.45) is 8.54. The Kier molecular flexibility index (Phi) is 4.67. The van der Waals surface area contributed by atoms with E-state index in [0.717, 1.165) is 17.0 Å². The Bertz CT molecular complexity index is 839. The fraction of sp³-hybridized carbons (Fsp3) is 0.0556. The zero-order valence-corrected chi connectivity index (χ0v) is 13.1. The lowest BCUT2D eigenvalue weighted by atomic mass is 10.3. The molecule has 2 aromatic heterocycles. The van der Waals surface area contributed by atoms with E-state index in [1.54, 1.807) is 31.7 Å². The molecule has 0 saturated heterocycles. The van der Waals surface area contributed by atoms with Crippen molar-refractivity contribution in [2.24, 2.45) is 5.10 Å². The summed E-state index contributed by atoms with van der Waals surface area (Å²) in [4.78, 5) is 15.7. The van der Waals surface area contributed by atoms with Gasteiger partial charge in [0.2, 0.25) is 0 Å². The smallest absolute Gasteiger partial charge is 0.272 e. The van der Waals surface area contributed by atoms with E-state index in [4.69, 9.17) is 4.74 Å². The molecule has 6 heteroatoms. The van der Waals surface area contributed by atoms with Gasteiger partial charge in [0.25, 0.3) is 5.91 Å². The maximum Gasteiger partial charge on any atom is 0.272 e. The van der Waals surface area contributed by atoms with Crippen LogP contribution < -0.4 is 10.2 Å². The number of benzene rings is 1. The summed E-state index contributed by atoms with van der Waals surface area (Å²) >= 11 is 0. The molecular formula is C18H16N4O2. The Balaban J connectivity index is 1.64. The lowest BCUT2D eigenvalue weighted by Crippen LogP contribution is -2.17. The minimum atomic E-state index is -0.297. The highest BCUT2D eigenvalue weighted by Crippen LogP contribution is 2.15. The molecule has 24 heavy (non-hydrogen) atoms. The molecule has 0 bridgehead atoms. The van der Waals surface area contributed by atoms with Crippen LogP contribution in [0.25, 0.3) is 5.69 Å². The van der Waals surface area contributed by atoms with Gasteiger partial charge in [-0.1, -0.05) is 0 Å². The van der Waals surface area contributed by atoms with Crippen LogP contribution in [-0.2, 0) is 0 Å². The zero-order valence-electron chi connectivity index (χ0n) is 13.1. The molecule has 6 nitrogen and oxygen atoms in total. The van der Waals surface area contributed by atoms with Crippen LogP contribution in [0.2, 0.25) is 0 Å². The molecule has 2 heterocycles. The van der Waals surface area contributed by atoms with E-state index < -0.39 is 0 Å². The predicted molar refractivity (Wildman–Crippen MR) is 91.6 cm³/mol. The average molecular weight is 320 g/mol. The van der Waals surface area contributed by atoms with Gasteiger partial charge in [0, 0.05) is 36.0 Å². The number of rotatable bonds is 5. The average Bonchev–Trinajstić information content (AvgIpc) is 3.11. The van der Waals surface area contributed by atoms with E-state index in [2.05, 4.69) is 15.5 Å². The summed E-state index contributed by atoms with van der Waals surface area (Å²) in [7, 11) is 1.64. The molecule has 0 aliphatic heterocycles. The molecule has 0 spiro atoms. The van der Waals surface area contributed by atoms with Gasteiger partial charge in [-0.05, 0) is 42.5 Å². The third-order valence-corrected chi connectivity index (χ3v) is 3.39. The van der Waals surface area contributed by atoms with Gasteiger partial charge in [0.15, 0.2) is 0 Å². The van der Waals surface area contributed by atoms with Crippen molar-refractivity contribution in [1.29, 1.82) is 0 Å². The van der Waals surface area contributed by atoms with E-state index in [-0.39, 0.29) is 5.91 Å². The lowest BCUT2D eigenvalue weighted by Gasteiger charge is -2.04. The topological polar surface area (TPSA) is 68.5 Å². The van der Waals surface area contributed by atoms with Crippen LogP contribution in [0.15, 0.2) is 72.4 Å². The number of amides is 1. The summed E-state index contributed by atoms with van der Waals surface area (Å²) in [5.41, 5.74) is 4.82. The summed E-state index contributed by atoms with van der Waals surface area (Å²) < 4.78 is 7.11. The van der Waals surface area contributed by atoms with Crippen LogP contribution in [0.5, 0.6) is 5.75 Å². The highest BCUT2D eigenvalue weighted by Gasteiger charge is 2.03. The second-order valence-corrected chi connectivity index (χ2v) is 4.99. The fourth-order valence-electron chi connectivity index (χ4n) is 2.13. The molecule has 0 unspecified atom stereocenters. The van der Waals surface area contributed by atoms with Crippen molar-refractivity contribution < 1.29 is 9.53 Å². The minimum Gasteiger partial charge on any atom is -0.497 e. The first-order valence-corrected chi connectivity index (χ1v) is 7.32. The Morgan fingerprint density at radius 1 is 1.25 bits per heavy atom. The van der Waals surface area contributed by atoms with Crippen molar-refractivity contribution in [3.63, 3.8) is 0 Å². The molecule has 0 fully saturated rings. The van der Waals surface area contributed by atoms with Gasteiger partial charge in [-0.2, -0.15) is 5.10 Å². The first-order chi connectivity index (χ1) is 11.8. The molecule has 120 valence electrons. The molecule has 3 rings (SSSR count). The number of aromatic nitrogens is 2. The lowest BCUT2D eigenvalue weighted by molar-refractivity contribution is 0.0955. The van der Waals surface area contributed by atoms with Crippen molar-refractivity contribution in [2.45, 2.75) is 0 Å². The Labute approximate surface area is 139 Å². The Morgan fingerprint density at radius 2 is 2.08 bits per heavy atom. The number of nitrogens with one attached hydrogen (secondary N) is 1. The van der Waals surface area contributed by atoms with E-state index in [1.807, 2.05) is 47.3 Å². The van der Waals surface area contributed by atoms with E-state index in [1.165, 1.54) is 6.20 Å². The largest absolute Gasteiger partial charge is 0.497 e. The predicted octanol–water partition coefficient (Wildman–Crippen LogP) is 2.64. The Morgan fingerprint density at radius 3 is 2.79 bits per heavy atom. The van der Waals surface area contributed by atoms with Crippen molar-refractivity contribution >= 4 is 12.1 Å². The van der Waals surface area contributed by atoms with E-state index in [0.29, 0.717) is 5.56 Å². The molecule has 0 saturated carbocycles. The summed E-state index contributed by atoms with van der Waals surface area (Å²) in [6.45, 7) is 0. The van der Waals surface area contributed by atoms with E-state index in [9.17, 15) is 4.79 Å². The zero-order chi connectivity index (χ0) is 16.8. The number of hydrogen-bond acceptors (Lipinski definition) is 4. The molecular weight excluding hydrogens is 304 g/mol. The van der Waals surface area contributed by atoms with Gasteiger partial charge in [-0.25, -0.2) is 5.43 Å². The molecule has 0 radical (unpaired) electrons. The molecule has 0 aliphatic rings. The maximum absolute atomic E-state index is 11.8. The van der Waals surface area contributed by atoms with Gasteiger partial charge >= 0.3 is 0 Å². The third kappa shape index (κ3) is 3.67. The number of pyridine rings is 1. The third-order valence-electron chi connectivity index (χ3n) is 3.39. The van der Waals surface area contributed by atoms with Crippen molar-refractivity contribution in [3.8, 4) is 11.4 Å². The number of nitrogens with zero attached hydrogens (tertiary/aromatic N) is 3. The maximum atomic E-state index is 11.8. The standard InChI is InChI=1S/C18H16N4O2/c1-24-17-6-4-16(5-7-17)22-10-8-14(13-22)11-20-21-18(23)15-3-2-9-19-12-15/h2-13H,1H3,(H,21,23)/b20-11-. The van der Waals surface area contributed by atoms with E-state index >= 15 is 0 Å². The van der Waals surface area contributed by atoms with Gasteiger partial charge in [-0.15, -0.1) is 0 Å². The second kappa shape index (κ2) is 7.23. The molecule has 0 atom stereocenters. The summed E-state index contributed by atoms with van der Waals surface area (Å²) in [6, 6.07) is 13.0. The molecule has 1 amide bonds. The van der Waals surface area contributed by atoms with Gasteiger partial charge in [0.05, 0.1) is 18.9 Å². The van der Waals surface area contributed by atoms with Gasteiger partial charge in [-0.3, -0.25) is 9.78 Å². The summed E-state index contributed by atoms with van der Waals surface area (Å²) in [5.74, 6) is 0.514. The number of carbonyl (C=O) groups excluding carboxylic acids is 1. The molecule has 3 aromatic rings. The number of hydrazone groups is 1. The van der Waals surface area contributed by atoms with Gasteiger partial charge in [0.1, 0.15) is 5.75 Å². The highest BCUT2D eigenvalue weighted by molar-refractivity contribution is 5.94.